The van der Waals surface area contributed by atoms with Gasteiger partial charge in [-0.3, -0.25) is 9.59 Å². The molecule has 2 rings (SSSR count). The van der Waals surface area contributed by atoms with Gasteiger partial charge in [0.25, 0.3) is 5.92 Å². The van der Waals surface area contributed by atoms with Gasteiger partial charge in [-0.05, 0) is 18.9 Å². The summed E-state index contributed by atoms with van der Waals surface area (Å²) in [5.74, 6) is -3.78. The second kappa shape index (κ2) is 9.82. The number of para-hydroxylation sites is 1. The van der Waals surface area contributed by atoms with Crippen molar-refractivity contribution < 1.29 is 23.1 Å². The molecule has 2 unspecified atom stereocenters. The Morgan fingerprint density at radius 3 is 2.75 bits per heavy atom. The van der Waals surface area contributed by atoms with E-state index in [0.29, 0.717) is 24.3 Å². The van der Waals surface area contributed by atoms with Crippen molar-refractivity contribution in [2.45, 2.75) is 44.6 Å². The molecule has 0 spiro atoms. The molecule has 3 N–H and O–H groups in total. The van der Waals surface area contributed by atoms with Gasteiger partial charge in [0, 0.05) is 18.5 Å². The first kappa shape index (κ1) is 22.1. The van der Waals surface area contributed by atoms with Crippen molar-refractivity contribution in [2.75, 3.05) is 26.7 Å². The first-order chi connectivity index (χ1) is 13.3. The number of unbranched alkanes of at least 4 members (excludes halogenated alkanes) is 1. The van der Waals surface area contributed by atoms with Gasteiger partial charge in [0.2, 0.25) is 11.8 Å². The number of amides is 2. The van der Waals surface area contributed by atoms with Crippen molar-refractivity contribution in [3.8, 4) is 5.75 Å². The number of piperidine rings is 1. The number of benzene rings is 1. The maximum absolute atomic E-state index is 13.5. The lowest BCUT2D eigenvalue weighted by atomic mass is 9.83. The Hall–Kier alpha value is -2.22. The lowest BCUT2D eigenvalue weighted by molar-refractivity contribution is -0.144. The van der Waals surface area contributed by atoms with Crippen LogP contribution >= 0.6 is 0 Å². The average Bonchev–Trinajstić information content (AvgIpc) is 2.71. The Labute approximate surface area is 164 Å². The number of ether oxygens (including phenoxy) is 1. The highest BCUT2D eigenvalue weighted by molar-refractivity contribution is 5.85. The summed E-state index contributed by atoms with van der Waals surface area (Å²) in [4.78, 5) is 27.1. The van der Waals surface area contributed by atoms with Gasteiger partial charge in [-0.1, -0.05) is 31.5 Å². The lowest BCUT2D eigenvalue weighted by Gasteiger charge is -2.41. The summed E-state index contributed by atoms with van der Waals surface area (Å²) >= 11 is 0. The van der Waals surface area contributed by atoms with E-state index in [-0.39, 0.29) is 12.3 Å². The third-order valence-electron chi connectivity index (χ3n) is 5.07. The fourth-order valence-corrected chi connectivity index (χ4v) is 3.53. The van der Waals surface area contributed by atoms with Crippen LogP contribution in [-0.2, 0) is 9.59 Å². The normalized spacial score (nSPS) is 20.2. The van der Waals surface area contributed by atoms with Gasteiger partial charge in [0.15, 0.2) is 0 Å². The van der Waals surface area contributed by atoms with E-state index in [9.17, 15) is 18.4 Å². The Morgan fingerprint density at radius 2 is 2.11 bits per heavy atom. The predicted molar refractivity (Wildman–Crippen MR) is 102 cm³/mol. The zero-order chi connectivity index (χ0) is 20.7. The zero-order valence-electron chi connectivity index (χ0n) is 16.4. The fraction of sp³-hybridized carbons (Fsp3) is 0.600. The van der Waals surface area contributed by atoms with Crippen molar-refractivity contribution in [2.24, 2.45) is 11.7 Å². The van der Waals surface area contributed by atoms with E-state index in [1.165, 1.54) is 7.11 Å². The van der Waals surface area contributed by atoms with Crippen LogP contribution in [0.15, 0.2) is 24.3 Å². The van der Waals surface area contributed by atoms with Gasteiger partial charge >= 0.3 is 0 Å². The van der Waals surface area contributed by atoms with Crippen LogP contribution in [0.25, 0.3) is 0 Å². The van der Waals surface area contributed by atoms with Crippen molar-refractivity contribution in [3.63, 3.8) is 0 Å². The van der Waals surface area contributed by atoms with Gasteiger partial charge in [0.1, 0.15) is 5.75 Å². The molecule has 0 bridgehead atoms. The van der Waals surface area contributed by atoms with Gasteiger partial charge in [-0.15, -0.1) is 0 Å². The molecule has 2 amide bonds. The van der Waals surface area contributed by atoms with E-state index in [4.69, 9.17) is 10.5 Å². The van der Waals surface area contributed by atoms with Crippen LogP contribution in [0.4, 0.5) is 8.78 Å². The molecule has 8 heteroatoms. The maximum Gasteiger partial charge on any atom is 0.277 e. The number of likely N-dealkylation sites (tertiary alicyclic amines) is 1. The third kappa shape index (κ3) is 5.19. The van der Waals surface area contributed by atoms with Gasteiger partial charge < -0.3 is 20.7 Å². The van der Waals surface area contributed by atoms with E-state index in [2.05, 4.69) is 5.32 Å². The number of hydrogen-bond acceptors (Lipinski definition) is 4. The van der Waals surface area contributed by atoms with Crippen LogP contribution in [0, 0.1) is 5.92 Å². The van der Waals surface area contributed by atoms with E-state index >= 15 is 0 Å². The molecule has 1 aromatic rings. The molecular weight excluding hydrogens is 368 g/mol. The van der Waals surface area contributed by atoms with E-state index < -0.39 is 36.9 Å². The molecule has 1 fully saturated rings. The number of carbonyl (C=O) groups is 2. The fourth-order valence-electron chi connectivity index (χ4n) is 3.53. The molecule has 1 aliphatic rings. The number of hydrogen-bond donors (Lipinski definition) is 2. The summed E-state index contributed by atoms with van der Waals surface area (Å²) in [6, 6.07) is 6.64. The van der Waals surface area contributed by atoms with Crippen molar-refractivity contribution >= 4 is 11.8 Å². The molecule has 156 valence electrons. The Balaban J connectivity index is 2.35. The second-order valence-corrected chi connectivity index (χ2v) is 7.05. The molecule has 6 nitrogen and oxygen atoms in total. The van der Waals surface area contributed by atoms with Crippen molar-refractivity contribution in [3.05, 3.63) is 29.8 Å². The van der Waals surface area contributed by atoms with Crippen LogP contribution in [0.5, 0.6) is 5.75 Å². The van der Waals surface area contributed by atoms with Crippen molar-refractivity contribution in [1.82, 2.24) is 10.2 Å². The summed E-state index contributed by atoms with van der Waals surface area (Å²) in [6.07, 6.45) is 2.18. The minimum atomic E-state index is -3.16. The standard InChI is InChI=1S/C20H29F2N3O3/c1-3-4-11-25-17(26)10-9-15(19(27)24-13-20(21,22)12-23)18(25)14-7-5-6-8-16(14)28-2/h5-8,15,18H,3-4,9-13,23H2,1-2H3,(H,24,27). The number of alkyl halides is 2. The SMILES string of the molecule is CCCCN1C(=O)CCC(C(=O)NCC(F)(F)CN)C1c1ccccc1OC. The summed E-state index contributed by atoms with van der Waals surface area (Å²) < 4.78 is 32.4. The molecule has 1 saturated heterocycles. The summed E-state index contributed by atoms with van der Waals surface area (Å²) in [7, 11) is 1.52. The summed E-state index contributed by atoms with van der Waals surface area (Å²) in [5, 5.41) is 2.32. The second-order valence-electron chi connectivity index (χ2n) is 7.05. The largest absolute Gasteiger partial charge is 0.496 e. The molecule has 2 atom stereocenters. The van der Waals surface area contributed by atoms with Crippen LogP contribution in [0.2, 0.25) is 0 Å². The lowest BCUT2D eigenvalue weighted by Crippen LogP contribution is -2.50. The van der Waals surface area contributed by atoms with E-state index in [1.54, 1.807) is 17.0 Å². The van der Waals surface area contributed by atoms with Crippen LogP contribution < -0.4 is 15.8 Å². The van der Waals surface area contributed by atoms with Crippen LogP contribution in [0.1, 0.15) is 44.2 Å². The van der Waals surface area contributed by atoms with Gasteiger partial charge in [-0.2, -0.15) is 0 Å². The number of rotatable bonds is 9. The Kier molecular flexibility index (Phi) is 7.74. The number of halogens is 2. The highest BCUT2D eigenvalue weighted by Gasteiger charge is 2.42. The topological polar surface area (TPSA) is 84.7 Å². The summed E-state index contributed by atoms with van der Waals surface area (Å²) in [6.45, 7) is 0.863. The molecule has 1 aromatic carbocycles. The molecular formula is C20H29F2N3O3. The molecule has 1 heterocycles. The minimum Gasteiger partial charge on any atom is -0.496 e. The minimum absolute atomic E-state index is 0.0410. The molecule has 0 saturated carbocycles. The van der Waals surface area contributed by atoms with E-state index in [0.717, 1.165) is 12.8 Å². The smallest absolute Gasteiger partial charge is 0.277 e. The third-order valence-corrected chi connectivity index (χ3v) is 5.07. The van der Waals surface area contributed by atoms with Gasteiger partial charge in [-0.25, -0.2) is 8.78 Å². The first-order valence-electron chi connectivity index (χ1n) is 9.62. The molecule has 28 heavy (non-hydrogen) atoms. The molecule has 0 aliphatic carbocycles. The Morgan fingerprint density at radius 1 is 1.39 bits per heavy atom. The van der Waals surface area contributed by atoms with Crippen molar-refractivity contribution in [1.29, 1.82) is 0 Å². The van der Waals surface area contributed by atoms with E-state index in [1.807, 2.05) is 19.1 Å². The molecule has 0 radical (unpaired) electrons. The Bertz CT molecular complexity index is 684. The van der Waals surface area contributed by atoms with Gasteiger partial charge in [0.05, 0.1) is 32.2 Å². The first-order valence-corrected chi connectivity index (χ1v) is 9.62. The number of carbonyl (C=O) groups excluding carboxylic acids is 2. The number of nitrogens with zero attached hydrogens (tertiary/aromatic N) is 1. The monoisotopic (exact) mass is 397 g/mol. The molecule has 0 aromatic heterocycles. The number of nitrogens with one attached hydrogen (secondary N) is 1. The molecule has 1 aliphatic heterocycles. The van der Waals surface area contributed by atoms with Crippen LogP contribution in [-0.4, -0.2) is 49.4 Å². The highest BCUT2D eigenvalue weighted by Crippen LogP contribution is 2.40. The number of nitrogens with two attached hydrogens (primary N) is 1. The van der Waals surface area contributed by atoms with Crippen LogP contribution in [0.3, 0.4) is 0 Å². The highest BCUT2D eigenvalue weighted by atomic mass is 19.3. The quantitative estimate of drug-likeness (QED) is 0.671. The average molecular weight is 397 g/mol. The number of methoxy groups -OCH3 is 1. The predicted octanol–water partition coefficient (Wildman–Crippen LogP) is 2.49. The maximum atomic E-state index is 13.5. The zero-order valence-corrected chi connectivity index (χ0v) is 16.4. The summed E-state index contributed by atoms with van der Waals surface area (Å²) in [5.41, 5.74) is 5.76.